The molecule has 2 aromatic rings. The lowest BCUT2D eigenvalue weighted by atomic mass is 10.3. The summed E-state index contributed by atoms with van der Waals surface area (Å²) >= 11 is 0. The molecule has 132 valence electrons. The van der Waals surface area contributed by atoms with Crippen LogP contribution in [0.2, 0.25) is 0 Å². The minimum atomic E-state index is -0.566. The van der Waals surface area contributed by atoms with Gasteiger partial charge in [0.15, 0.2) is 6.61 Å². The molecular weight excluding hydrogens is 324 g/mol. The molecule has 1 aromatic heterocycles. The Morgan fingerprint density at radius 3 is 2.28 bits per heavy atom. The fourth-order valence-corrected chi connectivity index (χ4v) is 1.91. The lowest BCUT2D eigenvalue weighted by Crippen LogP contribution is -2.32. The summed E-state index contributed by atoms with van der Waals surface area (Å²) in [6, 6.07) is 10.3. The maximum atomic E-state index is 11.7. The Balaban J connectivity index is 1.61. The molecule has 1 amide bonds. The van der Waals surface area contributed by atoms with Crippen LogP contribution in [0.25, 0.3) is 0 Å². The van der Waals surface area contributed by atoms with Crippen molar-refractivity contribution in [3.8, 4) is 11.5 Å². The first-order chi connectivity index (χ1) is 12.2. The molecule has 1 heterocycles. The summed E-state index contributed by atoms with van der Waals surface area (Å²) in [4.78, 5) is 27.1. The van der Waals surface area contributed by atoms with Crippen LogP contribution in [0, 0.1) is 0 Å². The highest BCUT2D eigenvalue weighted by atomic mass is 16.5. The van der Waals surface area contributed by atoms with E-state index in [9.17, 15) is 9.59 Å². The number of rotatable bonds is 9. The molecule has 7 heteroatoms. The molecule has 7 nitrogen and oxygen atoms in total. The first-order valence-electron chi connectivity index (χ1n) is 7.88. The van der Waals surface area contributed by atoms with E-state index in [1.54, 1.807) is 12.1 Å². The van der Waals surface area contributed by atoms with Crippen LogP contribution in [0.15, 0.2) is 48.8 Å². The zero-order chi connectivity index (χ0) is 17.9. The highest BCUT2D eigenvalue weighted by molar-refractivity contribution is 5.91. The van der Waals surface area contributed by atoms with Crippen LogP contribution in [0.5, 0.6) is 11.5 Å². The number of pyridine rings is 1. The monoisotopic (exact) mass is 344 g/mol. The van der Waals surface area contributed by atoms with Gasteiger partial charge in [0.05, 0.1) is 18.7 Å². The van der Waals surface area contributed by atoms with Crippen LogP contribution in [-0.2, 0) is 9.53 Å². The highest BCUT2D eigenvalue weighted by Gasteiger charge is 2.09. The third kappa shape index (κ3) is 6.50. The Labute approximate surface area is 145 Å². The standard InChI is InChI=1S/C18H20N2O5/c1-2-23-15-3-5-16(6-4-15)24-12-11-20-17(21)13-25-18(22)14-7-9-19-10-8-14/h3-10H,2,11-13H2,1H3,(H,20,21). The van der Waals surface area contributed by atoms with Gasteiger partial charge in [0.1, 0.15) is 18.1 Å². The molecule has 0 unspecified atom stereocenters. The van der Waals surface area contributed by atoms with Crippen molar-refractivity contribution in [1.82, 2.24) is 10.3 Å². The molecule has 1 aromatic carbocycles. The van der Waals surface area contributed by atoms with E-state index in [0.717, 1.165) is 5.75 Å². The van der Waals surface area contributed by atoms with Crippen molar-refractivity contribution in [3.05, 3.63) is 54.4 Å². The summed E-state index contributed by atoms with van der Waals surface area (Å²) < 4.78 is 15.7. The molecule has 0 spiro atoms. The van der Waals surface area contributed by atoms with E-state index in [1.807, 2.05) is 19.1 Å². The van der Waals surface area contributed by atoms with Gasteiger partial charge >= 0.3 is 5.97 Å². The van der Waals surface area contributed by atoms with Crippen molar-refractivity contribution >= 4 is 11.9 Å². The summed E-state index contributed by atoms with van der Waals surface area (Å²) in [5, 5.41) is 2.61. The van der Waals surface area contributed by atoms with Crippen molar-refractivity contribution in [1.29, 1.82) is 0 Å². The third-order valence-corrected chi connectivity index (χ3v) is 3.08. The molecule has 0 aliphatic heterocycles. The number of hydrogen-bond donors (Lipinski definition) is 1. The Hall–Kier alpha value is -3.09. The summed E-state index contributed by atoms with van der Waals surface area (Å²) in [6.45, 7) is 2.79. The highest BCUT2D eigenvalue weighted by Crippen LogP contribution is 2.17. The molecule has 0 bridgehead atoms. The minimum Gasteiger partial charge on any atom is -0.494 e. The summed E-state index contributed by atoms with van der Waals surface area (Å²) in [7, 11) is 0. The van der Waals surface area contributed by atoms with Gasteiger partial charge < -0.3 is 19.5 Å². The van der Waals surface area contributed by atoms with Crippen LogP contribution >= 0.6 is 0 Å². The van der Waals surface area contributed by atoms with Crippen LogP contribution < -0.4 is 14.8 Å². The number of carbonyl (C=O) groups is 2. The molecule has 0 aliphatic carbocycles. The van der Waals surface area contributed by atoms with E-state index in [-0.39, 0.29) is 6.61 Å². The Kier molecular flexibility index (Phi) is 7.24. The predicted octanol–water partition coefficient (Wildman–Crippen LogP) is 1.83. The zero-order valence-corrected chi connectivity index (χ0v) is 13.9. The normalized spacial score (nSPS) is 9.96. The molecule has 25 heavy (non-hydrogen) atoms. The van der Waals surface area contributed by atoms with Crippen LogP contribution in [0.3, 0.4) is 0 Å². The number of aromatic nitrogens is 1. The van der Waals surface area contributed by atoms with Gasteiger partial charge in [-0.25, -0.2) is 4.79 Å². The number of carbonyl (C=O) groups excluding carboxylic acids is 2. The Morgan fingerprint density at radius 2 is 1.64 bits per heavy atom. The van der Waals surface area contributed by atoms with Gasteiger partial charge in [-0.3, -0.25) is 9.78 Å². The van der Waals surface area contributed by atoms with Crippen molar-refractivity contribution < 1.29 is 23.8 Å². The average Bonchev–Trinajstić information content (AvgIpc) is 2.65. The average molecular weight is 344 g/mol. The number of hydrogen-bond acceptors (Lipinski definition) is 6. The van der Waals surface area contributed by atoms with E-state index in [0.29, 0.717) is 31.1 Å². The second-order valence-corrected chi connectivity index (χ2v) is 4.91. The molecule has 0 atom stereocenters. The van der Waals surface area contributed by atoms with Crippen molar-refractivity contribution in [3.63, 3.8) is 0 Å². The van der Waals surface area contributed by atoms with Gasteiger partial charge in [0.25, 0.3) is 5.91 Å². The van der Waals surface area contributed by atoms with Gasteiger partial charge in [-0.15, -0.1) is 0 Å². The number of ether oxygens (including phenoxy) is 3. The molecule has 0 radical (unpaired) electrons. The molecule has 0 fully saturated rings. The number of nitrogens with zero attached hydrogens (tertiary/aromatic N) is 1. The van der Waals surface area contributed by atoms with Crippen molar-refractivity contribution in [2.45, 2.75) is 6.92 Å². The van der Waals surface area contributed by atoms with Gasteiger partial charge in [-0.2, -0.15) is 0 Å². The van der Waals surface area contributed by atoms with E-state index >= 15 is 0 Å². The van der Waals surface area contributed by atoms with Gasteiger partial charge in [0, 0.05) is 12.4 Å². The number of amides is 1. The first-order valence-corrected chi connectivity index (χ1v) is 7.88. The largest absolute Gasteiger partial charge is 0.494 e. The molecule has 1 N–H and O–H groups in total. The van der Waals surface area contributed by atoms with Crippen molar-refractivity contribution in [2.24, 2.45) is 0 Å². The van der Waals surface area contributed by atoms with Gasteiger partial charge in [-0.05, 0) is 43.3 Å². The number of esters is 1. The number of nitrogens with one attached hydrogen (secondary N) is 1. The van der Waals surface area contributed by atoms with E-state index in [2.05, 4.69) is 10.3 Å². The van der Waals surface area contributed by atoms with Crippen LogP contribution in [0.4, 0.5) is 0 Å². The summed E-state index contributed by atoms with van der Waals surface area (Å²) in [6.07, 6.45) is 2.96. The fourth-order valence-electron chi connectivity index (χ4n) is 1.91. The second kappa shape index (κ2) is 9.92. The van der Waals surface area contributed by atoms with Crippen LogP contribution in [-0.4, -0.2) is 43.2 Å². The molecule has 0 saturated carbocycles. The summed E-state index contributed by atoms with van der Waals surface area (Å²) in [5.74, 6) is 0.502. The van der Waals surface area contributed by atoms with Gasteiger partial charge in [-0.1, -0.05) is 0 Å². The van der Waals surface area contributed by atoms with E-state index in [4.69, 9.17) is 14.2 Å². The maximum absolute atomic E-state index is 11.7. The van der Waals surface area contributed by atoms with Gasteiger partial charge in [0.2, 0.25) is 0 Å². The molecular formula is C18H20N2O5. The van der Waals surface area contributed by atoms with E-state index < -0.39 is 11.9 Å². The SMILES string of the molecule is CCOc1ccc(OCCNC(=O)COC(=O)c2ccncc2)cc1. The Bertz CT molecular complexity index is 674. The van der Waals surface area contributed by atoms with Crippen molar-refractivity contribution in [2.75, 3.05) is 26.4 Å². The topological polar surface area (TPSA) is 86.8 Å². The smallest absolute Gasteiger partial charge is 0.338 e. The fraction of sp³-hybridized carbons (Fsp3) is 0.278. The Morgan fingerprint density at radius 1 is 1.00 bits per heavy atom. The second-order valence-electron chi connectivity index (χ2n) is 4.91. The van der Waals surface area contributed by atoms with E-state index in [1.165, 1.54) is 24.5 Å². The summed E-state index contributed by atoms with van der Waals surface area (Å²) in [5.41, 5.74) is 0.349. The first kappa shape index (κ1) is 18.3. The molecule has 0 aliphatic rings. The lowest BCUT2D eigenvalue weighted by molar-refractivity contribution is -0.124. The minimum absolute atomic E-state index is 0.304. The quantitative estimate of drug-likeness (QED) is 0.552. The third-order valence-electron chi connectivity index (χ3n) is 3.08. The predicted molar refractivity (Wildman–Crippen MR) is 90.6 cm³/mol. The molecule has 0 saturated heterocycles. The zero-order valence-electron chi connectivity index (χ0n) is 13.9. The lowest BCUT2D eigenvalue weighted by Gasteiger charge is -2.09. The maximum Gasteiger partial charge on any atom is 0.338 e. The van der Waals surface area contributed by atoms with Crippen LogP contribution in [0.1, 0.15) is 17.3 Å². The number of benzene rings is 1. The molecule has 2 rings (SSSR count).